The van der Waals surface area contributed by atoms with Gasteiger partial charge in [0.25, 0.3) is 11.8 Å². The van der Waals surface area contributed by atoms with Crippen LogP contribution in [0.25, 0.3) is 0 Å². The fraction of sp³-hybridized carbons (Fsp3) is 0.0870. The summed E-state index contributed by atoms with van der Waals surface area (Å²) in [6.07, 6.45) is 1.49. The maximum Gasteiger partial charge on any atom is 0.259 e. The molecule has 9 heteroatoms. The summed E-state index contributed by atoms with van der Waals surface area (Å²) < 4.78 is 5.72. The predicted octanol–water partition coefficient (Wildman–Crippen LogP) is 5.11. The number of nitrogens with one attached hydrogen (secondary N) is 2. The average Bonchev–Trinajstić information content (AvgIpc) is 2.80. The Balaban J connectivity index is 1.41. The van der Waals surface area contributed by atoms with Crippen molar-refractivity contribution in [2.75, 3.05) is 6.54 Å². The number of rotatable bonds is 8. The van der Waals surface area contributed by atoms with Gasteiger partial charge in [0, 0.05) is 10.6 Å². The Morgan fingerprint density at radius 3 is 2.31 bits per heavy atom. The maximum atomic E-state index is 12.0. The minimum atomic E-state index is -0.474. The normalized spacial score (nSPS) is 10.7. The zero-order chi connectivity index (χ0) is 22.9. The van der Waals surface area contributed by atoms with E-state index in [-0.39, 0.29) is 11.6 Å². The monoisotopic (exact) mass is 489 g/mol. The molecule has 0 heterocycles. The molecule has 0 unspecified atom stereocenters. The first-order valence-electron chi connectivity index (χ1n) is 9.43. The van der Waals surface area contributed by atoms with Gasteiger partial charge in [-0.25, -0.2) is 5.43 Å². The maximum absolute atomic E-state index is 12.0. The molecule has 6 nitrogen and oxygen atoms in total. The molecular weight excluding hydrogens is 473 g/mol. The van der Waals surface area contributed by atoms with Gasteiger partial charge in [-0.05, 0) is 65.7 Å². The standard InChI is InChI=1S/C23H18Cl3N3O3/c24-18-6-1-16(2-7-18)14-32-19-8-3-15(4-9-19)12-28-29-22(30)13-27-23(31)17-5-10-20(25)21(26)11-17/h1-12H,13-14H2,(H,27,31)(H,29,30)/b28-12-. The van der Waals surface area contributed by atoms with Gasteiger partial charge in [-0.1, -0.05) is 46.9 Å². The van der Waals surface area contributed by atoms with Crippen molar-refractivity contribution in [1.82, 2.24) is 10.7 Å². The molecule has 2 N–H and O–H groups in total. The minimum absolute atomic E-state index is 0.242. The van der Waals surface area contributed by atoms with Crippen LogP contribution in [0.1, 0.15) is 21.5 Å². The van der Waals surface area contributed by atoms with Crippen molar-refractivity contribution in [1.29, 1.82) is 0 Å². The number of ether oxygens (including phenoxy) is 1. The van der Waals surface area contributed by atoms with Crippen LogP contribution in [0.15, 0.2) is 71.8 Å². The summed E-state index contributed by atoms with van der Waals surface area (Å²) in [7, 11) is 0. The molecule has 0 saturated heterocycles. The summed E-state index contributed by atoms with van der Waals surface area (Å²) in [5.41, 5.74) is 4.43. The Labute approximate surface area is 200 Å². The van der Waals surface area contributed by atoms with E-state index in [1.165, 1.54) is 24.4 Å². The molecule has 0 radical (unpaired) electrons. The highest BCUT2D eigenvalue weighted by Crippen LogP contribution is 2.22. The average molecular weight is 491 g/mol. The van der Waals surface area contributed by atoms with Crippen molar-refractivity contribution in [2.24, 2.45) is 5.10 Å². The number of nitrogens with zero attached hydrogens (tertiary/aromatic N) is 1. The molecule has 0 saturated carbocycles. The Kier molecular flexibility index (Phi) is 8.50. The Bertz CT molecular complexity index is 1120. The smallest absolute Gasteiger partial charge is 0.259 e. The highest BCUT2D eigenvalue weighted by atomic mass is 35.5. The molecule has 3 aromatic carbocycles. The van der Waals surface area contributed by atoms with E-state index in [1.54, 1.807) is 24.3 Å². The Morgan fingerprint density at radius 1 is 0.906 bits per heavy atom. The van der Waals surface area contributed by atoms with E-state index in [0.717, 1.165) is 11.1 Å². The zero-order valence-electron chi connectivity index (χ0n) is 16.6. The molecule has 0 fully saturated rings. The van der Waals surface area contributed by atoms with Crippen LogP contribution in [0, 0.1) is 0 Å². The van der Waals surface area contributed by atoms with E-state index in [2.05, 4.69) is 15.8 Å². The first kappa shape index (κ1) is 23.6. The molecule has 0 aliphatic carbocycles. The van der Waals surface area contributed by atoms with E-state index in [4.69, 9.17) is 39.5 Å². The van der Waals surface area contributed by atoms with Crippen LogP contribution in [0.5, 0.6) is 5.75 Å². The predicted molar refractivity (Wildman–Crippen MR) is 127 cm³/mol. The summed E-state index contributed by atoms with van der Waals surface area (Å²) in [5.74, 6) is -0.222. The number of hydrogen-bond donors (Lipinski definition) is 2. The summed E-state index contributed by atoms with van der Waals surface area (Å²) in [6, 6.07) is 19.1. The molecule has 0 aliphatic heterocycles. The molecule has 32 heavy (non-hydrogen) atoms. The minimum Gasteiger partial charge on any atom is -0.489 e. The van der Waals surface area contributed by atoms with Gasteiger partial charge in [-0.3, -0.25) is 9.59 Å². The lowest BCUT2D eigenvalue weighted by Crippen LogP contribution is -2.34. The first-order chi connectivity index (χ1) is 15.4. The van der Waals surface area contributed by atoms with Gasteiger partial charge >= 0.3 is 0 Å². The molecule has 164 valence electrons. The third-order valence-corrected chi connectivity index (χ3v) is 5.18. The van der Waals surface area contributed by atoms with E-state index in [9.17, 15) is 9.59 Å². The lowest BCUT2D eigenvalue weighted by Gasteiger charge is -2.07. The van der Waals surface area contributed by atoms with E-state index >= 15 is 0 Å². The summed E-state index contributed by atoms with van der Waals surface area (Å²) in [6.45, 7) is 0.183. The van der Waals surface area contributed by atoms with Crippen LogP contribution >= 0.6 is 34.8 Å². The molecule has 3 rings (SSSR count). The third-order valence-electron chi connectivity index (χ3n) is 4.19. The Hall–Kier alpha value is -3.06. The number of halogens is 3. The molecule has 2 amide bonds. The van der Waals surface area contributed by atoms with Crippen molar-refractivity contribution >= 4 is 52.8 Å². The fourth-order valence-corrected chi connectivity index (χ4v) is 2.94. The van der Waals surface area contributed by atoms with Gasteiger partial charge in [-0.15, -0.1) is 0 Å². The summed E-state index contributed by atoms with van der Waals surface area (Å²) in [4.78, 5) is 23.9. The highest BCUT2D eigenvalue weighted by Gasteiger charge is 2.09. The lowest BCUT2D eigenvalue weighted by atomic mass is 10.2. The van der Waals surface area contributed by atoms with Crippen molar-refractivity contribution in [2.45, 2.75) is 6.61 Å². The molecule has 0 aromatic heterocycles. The first-order valence-corrected chi connectivity index (χ1v) is 10.6. The van der Waals surface area contributed by atoms with E-state index in [0.29, 0.717) is 28.0 Å². The van der Waals surface area contributed by atoms with Crippen LogP contribution in [0.3, 0.4) is 0 Å². The van der Waals surface area contributed by atoms with Gasteiger partial charge in [-0.2, -0.15) is 5.10 Å². The molecule has 0 spiro atoms. The van der Waals surface area contributed by atoms with Crippen LogP contribution in [-0.2, 0) is 11.4 Å². The topological polar surface area (TPSA) is 79.8 Å². The van der Waals surface area contributed by atoms with Gasteiger partial charge < -0.3 is 10.1 Å². The molecule has 0 aliphatic rings. The largest absolute Gasteiger partial charge is 0.489 e. The van der Waals surface area contributed by atoms with Gasteiger partial charge in [0.05, 0.1) is 22.8 Å². The van der Waals surface area contributed by atoms with Crippen molar-refractivity contribution in [3.05, 3.63) is 98.5 Å². The number of hydrazone groups is 1. The van der Waals surface area contributed by atoms with Crippen molar-refractivity contribution in [3.63, 3.8) is 0 Å². The quantitative estimate of drug-likeness (QED) is 0.340. The van der Waals surface area contributed by atoms with Gasteiger partial charge in [0.15, 0.2) is 0 Å². The van der Waals surface area contributed by atoms with Crippen LogP contribution in [0.2, 0.25) is 15.1 Å². The fourth-order valence-electron chi connectivity index (χ4n) is 2.52. The number of benzene rings is 3. The summed E-state index contributed by atoms with van der Waals surface area (Å²) in [5, 5.41) is 7.65. The number of amides is 2. The van der Waals surface area contributed by atoms with Crippen molar-refractivity contribution < 1.29 is 14.3 Å². The van der Waals surface area contributed by atoms with Gasteiger partial charge in [0.2, 0.25) is 0 Å². The summed E-state index contributed by atoms with van der Waals surface area (Å²) >= 11 is 17.6. The molecule has 0 bridgehead atoms. The molecule has 3 aromatic rings. The highest BCUT2D eigenvalue weighted by molar-refractivity contribution is 6.42. The van der Waals surface area contributed by atoms with E-state index in [1.807, 2.05) is 24.3 Å². The Morgan fingerprint density at radius 2 is 1.62 bits per heavy atom. The van der Waals surface area contributed by atoms with Crippen LogP contribution in [-0.4, -0.2) is 24.6 Å². The second-order valence-electron chi connectivity index (χ2n) is 6.59. The molecule has 0 atom stereocenters. The molecular formula is C23H18Cl3N3O3. The van der Waals surface area contributed by atoms with Crippen LogP contribution < -0.4 is 15.5 Å². The van der Waals surface area contributed by atoms with Crippen LogP contribution in [0.4, 0.5) is 0 Å². The lowest BCUT2D eigenvalue weighted by molar-refractivity contribution is -0.120. The van der Waals surface area contributed by atoms with Gasteiger partial charge in [0.1, 0.15) is 12.4 Å². The third kappa shape index (κ3) is 7.27. The zero-order valence-corrected chi connectivity index (χ0v) is 18.9. The number of carbonyl (C=O) groups excluding carboxylic acids is 2. The number of hydrogen-bond acceptors (Lipinski definition) is 4. The second kappa shape index (κ2) is 11.5. The SMILES string of the molecule is O=C(CNC(=O)c1ccc(Cl)c(Cl)c1)N/N=C\c1ccc(OCc2ccc(Cl)cc2)cc1. The number of carbonyl (C=O) groups is 2. The second-order valence-corrected chi connectivity index (χ2v) is 7.84. The van der Waals surface area contributed by atoms with Crippen molar-refractivity contribution in [3.8, 4) is 5.75 Å². The van der Waals surface area contributed by atoms with E-state index < -0.39 is 11.8 Å².